The highest BCUT2D eigenvalue weighted by Crippen LogP contribution is 2.43. The first-order chi connectivity index (χ1) is 31.8. The van der Waals surface area contributed by atoms with Crippen molar-refractivity contribution in [1.82, 2.24) is 0 Å². The molecule has 9 nitrogen and oxygen atoms in total. The minimum Gasteiger partial charge on any atom is -0.462 e. The molecule has 0 radical (unpaired) electrons. The van der Waals surface area contributed by atoms with Crippen molar-refractivity contribution in [1.29, 1.82) is 0 Å². The maximum atomic E-state index is 12.6. The lowest BCUT2D eigenvalue weighted by molar-refractivity contribution is -0.161. The number of carbonyl (C=O) groups is 2. The van der Waals surface area contributed by atoms with Crippen LogP contribution in [-0.2, 0) is 32.7 Å². The van der Waals surface area contributed by atoms with Crippen LogP contribution in [0.15, 0.2) is 134 Å². The van der Waals surface area contributed by atoms with E-state index in [1.54, 1.807) is 0 Å². The zero-order valence-electron chi connectivity index (χ0n) is 40.4. The number of hydrogen-bond donors (Lipinski definition) is 2. The van der Waals surface area contributed by atoms with E-state index in [1.807, 2.05) is 0 Å². The lowest BCUT2D eigenvalue weighted by Crippen LogP contribution is -2.29. The summed E-state index contributed by atoms with van der Waals surface area (Å²) in [4.78, 5) is 34.9. The molecule has 0 amide bonds. The Morgan fingerprint density at radius 2 is 0.846 bits per heavy atom. The molecule has 0 aromatic rings. The summed E-state index contributed by atoms with van der Waals surface area (Å²) in [6, 6.07) is 0. The van der Waals surface area contributed by atoms with Crippen molar-refractivity contribution in [3.05, 3.63) is 134 Å². The predicted molar refractivity (Wildman–Crippen MR) is 274 cm³/mol. The Kier molecular flexibility index (Phi) is 46.6. The Balaban J connectivity index is 4.16. The van der Waals surface area contributed by atoms with E-state index in [0.717, 1.165) is 116 Å². The molecular formula is C55H88NO8P. The molecule has 10 heteroatoms. The smallest absolute Gasteiger partial charge is 0.462 e. The van der Waals surface area contributed by atoms with Crippen molar-refractivity contribution in [3.8, 4) is 0 Å². The molecular weight excluding hydrogens is 834 g/mol. The fraction of sp³-hybridized carbons (Fsp3) is 0.564. The second kappa shape index (κ2) is 49.6. The van der Waals surface area contributed by atoms with E-state index in [4.69, 9.17) is 24.3 Å². The zero-order valence-corrected chi connectivity index (χ0v) is 41.3. The van der Waals surface area contributed by atoms with Gasteiger partial charge in [0.15, 0.2) is 6.10 Å². The number of allylic oxidation sites excluding steroid dienone is 22. The van der Waals surface area contributed by atoms with Crippen molar-refractivity contribution < 1.29 is 37.6 Å². The first kappa shape index (κ1) is 61.1. The van der Waals surface area contributed by atoms with E-state index in [9.17, 15) is 19.0 Å². The maximum absolute atomic E-state index is 12.6. The monoisotopic (exact) mass is 922 g/mol. The fourth-order valence-corrected chi connectivity index (χ4v) is 6.64. The van der Waals surface area contributed by atoms with Gasteiger partial charge in [0, 0.05) is 19.4 Å². The van der Waals surface area contributed by atoms with Crippen LogP contribution in [0.2, 0.25) is 0 Å². The topological polar surface area (TPSA) is 134 Å². The predicted octanol–water partition coefficient (Wildman–Crippen LogP) is 15.1. The molecule has 0 aromatic carbocycles. The van der Waals surface area contributed by atoms with Gasteiger partial charge in [0.05, 0.1) is 13.2 Å². The van der Waals surface area contributed by atoms with Crippen molar-refractivity contribution >= 4 is 19.8 Å². The van der Waals surface area contributed by atoms with Gasteiger partial charge in [0.25, 0.3) is 0 Å². The highest BCUT2D eigenvalue weighted by Gasteiger charge is 2.26. The van der Waals surface area contributed by atoms with Gasteiger partial charge in [-0.05, 0) is 109 Å². The lowest BCUT2D eigenvalue weighted by Gasteiger charge is -2.19. The first-order valence-corrected chi connectivity index (χ1v) is 26.2. The number of hydrogen-bond acceptors (Lipinski definition) is 8. The van der Waals surface area contributed by atoms with Crippen LogP contribution in [-0.4, -0.2) is 49.3 Å². The number of ether oxygens (including phenoxy) is 2. The Labute approximate surface area is 395 Å². The molecule has 0 saturated carbocycles. The molecule has 3 N–H and O–H groups in total. The summed E-state index contributed by atoms with van der Waals surface area (Å²) in [5, 5.41) is 0. The van der Waals surface area contributed by atoms with Gasteiger partial charge in [0.2, 0.25) is 0 Å². The molecule has 0 aromatic heterocycles. The molecule has 0 spiro atoms. The quantitative estimate of drug-likeness (QED) is 0.0265. The van der Waals surface area contributed by atoms with Crippen molar-refractivity contribution in [3.63, 3.8) is 0 Å². The molecule has 366 valence electrons. The fourth-order valence-electron chi connectivity index (χ4n) is 5.88. The van der Waals surface area contributed by atoms with Gasteiger partial charge in [-0.3, -0.25) is 18.6 Å². The molecule has 0 fully saturated rings. The van der Waals surface area contributed by atoms with E-state index in [-0.39, 0.29) is 32.6 Å². The van der Waals surface area contributed by atoms with Crippen LogP contribution in [0.25, 0.3) is 0 Å². The van der Waals surface area contributed by atoms with Crippen LogP contribution in [0.3, 0.4) is 0 Å². The standard InChI is InChI=1S/C55H88NO8P/c1-3-5-7-9-11-13-15-16-17-18-19-20-21-22-23-24-25-26-27-28-29-30-31-32-33-34-35-36-38-40-42-44-46-48-55(58)64-53(52-63-65(59,60)62-50-49-56)51-61-54(57)47-45-43-41-39-37-14-12-10-8-6-4-2/h5,7,10-13,16-17,19-20,22-23,25-26,28-29,31-32,34-35,38,40,53H,3-4,6,8-9,14-15,18,21,24,27,30,33,36-37,39,41-52,56H2,1-2H3,(H,59,60)/b7-5-,12-10-,13-11-,17-16-,20-19-,23-22-,26-25-,29-28-,32-31-,35-34-,40-38-. The molecule has 0 heterocycles. The third kappa shape index (κ3) is 49.4. The summed E-state index contributed by atoms with van der Waals surface area (Å²) in [6.07, 6.45) is 69.3. The van der Waals surface area contributed by atoms with Crippen molar-refractivity contribution in [2.45, 2.75) is 174 Å². The van der Waals surface area contributed by atoms with E-state index in [1.165, 1.54) is 12.8 Å². The maximum Gasteiger partial charge on any atom is 0.472 e. The minimum absolute atomic E-state index is 0.0375. The number of phosphoric acid groups is 1. The normalized spacial score (nSPS) is 14.3. The molecule has 2 unspecified atom stereocenters. The number of phosphoric ester groups is 1. The van der Waals surface area contributed by atoms with Gasteiger partial charge in [-0.2, -0.15) is 0 Å². The largest absolute Gasteiger partial charge is 0.472 e. The van der Waals surface area contributed by atoms with Gasteiger partial charge < -0.3 is 20.1 Å². The van der Waals surface area contributed by atoms with Gasteiger partial charge in [-0.15, -0.1) is 0 Å². The van der Waals surface area contributed by atoms with Gasteiger partial charge in [0.1, 0.15) is 6.61 Å². The second-order valence-corrected chi connectivity index (χ2v) is 17.0. The second-order valence-electron chi connectivity index (χ2n) is 15.6. The number of unbranched alkanes of at least 4 members (excludes halogenated alkanes) is 9. The van der Waals surface area contributed by atoms with Gasteiger partial charge >= 0.3 is 19.8 Å². The molecule has 0 aliphatic heterocycles. The number of carbonyl (C=O) groups excluding carboxylic acids is 2. The van der Waals surface area contributed by atoms with E-state index in [2.05, 4.69) is 148 Å². The molecule has 0 aliphatic rings. The SMILES string of the molecule is CC/C=C\C/C=C\C/C=C\C/C=C\C/C=C\C/C=C\C/C=C\C/C=C\C/C=C\C/C=C\CCCCC(=O)OC(COC(=O)CCCCCCC/C=C\CCCC)COP(=O)(O)OCCN. The lowest BCUT2D eigenvalue weighted by atomic mass is 10.1. The third-order valence-corrected chi connectivity index (χ3v) is 10.5. The van der Waals surface area contributed by atoms with Crippen LogP contribution in [0.5, 0.6) is 0 Å². The Morgan fingerprint density at radius 1 is 0.477 bits per heavy atom. The average Bonchev–Trinajstić information content (AvgIpc) is 3.30. The van der Waals surface area contributed by atoms with Crippen LogP contribution < -0.4 is 5.73 Å². The van der Waals surface area contributed by atoms with Gasteiger partial charge in [-0.1, -0.05) is 180 Å². The van der Waals surface area contributed by atoms with E-state index < -0.39 is 32.5 Å². The zero-order chi connectivity index (χ0) is 47.4. The summed E-state index contributed by atoms with van der Waals surface area (Å²) >= 11 is 0. The highest BCUT2D eigenvalue weighted by molar-refractivity contribution is 7.47. The molecule has 0 saturated heterocycles. The highest BCUT2D eigenvalue weighted by atomic mass is 31.2. The van der Waals surface area contributed by atoms with E-state index in [0.29, 0.717) is 12.8 Å². The molecule has 0 aliphatic carbocycles. The summed E-state index contributed by atoms with van der Waals surface area (Å²) < 4.78 is 32.7. The Bertz CT molecular complexity index is 1520. The van der Waals surface area contributed by atoms with E-state index >= 15 is 0 Å². The summed E-state index contributed by atoms with van der Waals surface area (Å²) in [7, 11) is -4.40. The molecule has 2 atom stereocenters. The Hall–Kier alpha value is -3.85. The first-order valence-electron chi connectivity index (χ1n) is 24.7. The molecule has 0 rings (SSSR count). The molecule has 65 heavy (non-hydrogen) atoms. The third-order valence-electron chi connectivity index (χ3n) is 9.52. The van der Waals surface area contributed by atoms with Crippen molar-refractivity contribution in [2.75, 3.05) is 26.4 Å². The van der Waals surface area contributed by atoms with Crippen LogP contribution in [0, 0.1) is 0 Å². The van der Waals surface area contributed by atoms with Crippen LogP contribution in [0.4, 0.5) is 0 Å². The summed E-state index contributed by atoms with van der Waals surface area (Å²) in [6.45, 7) is 3.48. The summed E-state index contributed by atoms with van der Waals surface area (Å²) in [5.41, 5.74) is 5.35. The van der Waals surface area contributed by atoms with Gasteiger partial charge in [-0.25, -0.2) is 4.57 Å². The number of rotatable bonds is 44. The number of nitrogens with two attached hydrogens (primary N) is 1. The number of esters is 2. The minimum atomic E-state index is -4.40. The van der Waals surface area contributed by atoms with Crippen molar-refractivity contribution in [2.24, 2.45) is 5.73 Å². The summed E-state index contributed by atoms with van der Waals surface area (Å²) in [5.74, 6) is -0.906. The molecule has 0 bridgehead atoms. The van der Waals surface area contributed by atoms with Crippen LogP contribution >= 0.6 is 7.82 Å². The Morgan fingerprint density at radius 3 is 1.31 bits per heavy atom. The average molecular weight is 922 g/mol. The van der Waals surface area contributed by atoms with Crippen LogP contribution in [0.1, 0.15) is 168 Å².